The zero-order chi connectivity index (χ0) is 12.0. The molecule has 0 aromatic heterocycles. The molecule has 2 aromatic carbocycles. The van der Waals surface area contributed by atoms with E-state index in [1.54, 1.807) is 36.4 Å². The van der Waals surface area contributed by atoms with Gasteiger partial charge in [0.15, 0.2) is 5.75 Å². The quantitative estimate of drug-likeness (QED) is 0.580. The van der Waals surface area contributed by atoms with Crippen molar-refractivity contribution in [1.82, 2.24) is 0 Å². The number of fused-ring (bicyclic) bond motifs is 2. The van der Waals surface area contributed by atoms with Crippen LogP contribution in [-0.4, -0.2) is 8.42 Å². The summed E-state index contributed by atoms with van der Waals surface area (Å²) in [5.74, 6) is 0.816. The Labute approximate surface area is 112 Å². The molecule has 17 heavy (non-hydrogen) atoms. The highest BCUT2D eigenvalue weighted by Crippen LogP contribution is 2.44. The van der Waals surface area contributed by atoms with Gasteiger partial charge in [0.1, 0.15) is 15.5 Å². The first-order chi connectivity index (χ1) is 8.10. The van der Waals surface area contributed by atoms with Gasteiger partial charge in [-0.2, -0.15) is 0 Å². The summed E-state index contributed by atoms with van der Waals surface area (Å²) in [4.78, 5) is 0.470. The Kier molecular flexibility index (Phi) is 2.41. The summed E-state index contributed by atoms with van der Waals surface area (Å²) in [7, 11) is -3.45. The highest BCUT2D eigenvalue weighted by Gasteiger charge is 2.31. The normalized spacial score (nSPS) is 15.6. The van der Waals surface area contributed by atoms with E-state index < -0.39 is 9.84 Å². The molecule has 0 unspecified atom stereocenters. The maximum atomic E-state index is 12.4. The molecule has 0 atom stereocenters. The highest BCUT2D eigenvalue weighted by atomic mass is 127. The lowest BCUT2D eigenvalue weighted by atomic mass is 10.3. The van der Waals surface area contributed by atoms with Crippen molar-refractivity contribution in [3.05, 3.63) is 46.0 Å². The maximum absolute atomic E-state index is 12.4. The Morgan fingerprint density at radius 3 is 2.47 bits per heavy atom. The lowest BCUT2D eigenvalue weighted by Crippen LogP contribution is -2.11. The minimum Gasteiger partial charge on any atom is -0.453 e. The van der Waals surface area contributed by atoms with Crippen molar-refractivity contribution < 1.29 is 13.2 Å². The number of benzene rings is 2. The fourth-order valence-corrected chi connectivity index (χ4v) is 4.10. The maximum Gasteiger partial charge on any atom is 0.213 e. The van der Waals surface area contributed by atoms with E-state index in [2.05, 4.69) is 22.6 Å². The molecule has 0 amide bonds. The van der Waals surface area contributed by atoms with Crippen LogP contribution in [0, 0.1) is 3.57 Å². The molecule has 5 heteroatoms. The van der Waals surface area contributed by atoms with E-state index in [0.717, 1.165) is 3.57 Å². The number of para-hydroxylation sites is 2. The molecule has 1 aliphatic heterocycles. The Balaban J connectivity index is 2.39. The number of hydrogen-bond acceptors (Lipinski definition) is 3. The van der Waals surface area contributed by atoms with Crippen molar-refractivity contribution >= 4 is 32.4 Å². The molecule has 0 bridgehead atoms. The summed E-state index contributed by atoms with van der Waals surface area (Å²) >= 11 is 2.07. The van der Waals surface area contributed by atoms with Crippen molar-refractivity contribution in [3.63, 3.8) is 0 Å². The number of halogens is 1. The predicted octanol–water partition coefficient (Wildman–Crippen LogP) is 3.23. The summed E-state index contributed by atoms with van der Waals surface area (Å²) in [5, 5.41) is 0. The molecule has 0 radical (unpaired) electrons. The van der Waals surface area contributed by atoms with Gasteiger partial charge in [0.05, 0.1) is 3.57 Å². The van der Waals surface area contributed by atoms with Crippen molar-refractivity contribution in [2.24, 2.45) is 0 Å². The predicted molar refractivity (Wildman–Crippen MR) is 71.1 cm³/mol. The van der Waals surface area contributed by atoms with Crippen LogP contribution in [0.25, 0.3) is 0 Å². The van der Waals surface area contributed by atoms with Gasteiger partial charge in [0, 0.05) is 0 Å². The number of sulfone groups is 1. The zero-order valence-corrected chi connectivity index (χ0v) is 11.5. The lowest BCUT2D eigenvalue weighted by molar-refractivity contribution is 0.440. The van der Waals surface area contributed by atoms with Crippen molar-refractivity contribution in [2.45, 2.75) is 9.79 Å². The van der Waals surface area contributed by atoms with Crippen LogP contribution in [0.15, 0.2) is 52.3 Å². The monoisotopic (exact) mass is 358 g/mol. The van der Waals surface area contributed by atoms with E-state index in [9.17, 15) is 8.42 Å². The van der Waals surface area contributed by atoms with Crippen LogP contribution < -0.4 is 4.74 Å². The second-order valence-corrected chi connectivity index (χ2v) is 6.67. The molecule has 3 nitrogen and oxygen atoms in total. The molecule has 1 heterocycles. The van der Waals surface area contributed by atoms with Crippen LogP contribution in [-0.2, 0) is 9.84 Å². The van der Waals surface area contributed by atoms with E-state index in [1.807, 2.05) is 6.07 Å². The summed E-state index contributed by atoms with van der Waals surface area (Å²) < 4.78 is 31.2. The van der Waals surface area contributed by atoms with Gasteiger partial charge in [-0.1, -0.05) is 18.2 Å². The Hall–Kier alpha value is -1.08. The van der Waals surface area contributed by atoms with Gasteiger partial charge in [-0.05, 0) is 46.9 Å². The minimum absolute atomic E-state index is 0.231. The second-order valence-electron chi connectivity index (χ2n) is 3.62. The van der Waals surface area contributed by atoms with Crippen LogP contribution in [0.3, 0.4) is 0 Å². The molecule has 2 aromatic rings. The van der Waals surface area contributed by atoms with Crippen LogP contribution in [0.1, 0.15) is 0 Å². The molecule has 0 N–H and O–H groups in total. The van der Waals surface area contributed by atoms with Crippen molar-refractivity contribution in [2.75, 3.05) is 0 Å². The smallest absolute Gasteiger partial charge is 0.213 e. The van der Waals surface area contributed by atoms with E-state index in [1.165, 1.54) is 0 Å². The third-order valence-electron chi connectivity index (χ3n) is 2.57. The van der Waals surface area contributed by atoms with E-state index in [-0.39, 0.29) is 9.79 Å². The first-order valence-electron chi connectivity index (χ1n) is 4.91. The average molecular weight is 358 g/mol. The third-order valence-corrected chi connectivity index (χ3v) is 5.24. The summed E-state index contributed by atoms with van der Waals surface area (Å²) in [6, 6.07) is 11.8. The molecule has 0 saturated carbocycles. The zero-order valence-electron chi connectivity index (χ0n) is 8.55. The van der Waals surface area contributed by atoms with Crippen LogP contribution in [0.2, 0.25) is 0 Å². The Morgan fingerprint density at radius 2 is 1.65 bits per heavy atom. The van der Waals surface area contributed by atoms with E-state index in [0.29, 0.717) is 11.5 Å². The molecular formula is C12H7IO3S. The van der Waals surface area contributed by atoms with Gasteiger partial charge < -0.3 is 4.74 Å². The number of rotatable bonds is 0. The SMILES string of the molecule is O=S1(=O)c2ccccc2Oc2c(I)cccc21. The largest absolute Gasteiger partial charge is 0.453 e. The molecule has 0 spiro atoms. The summed E-state index contributed by atoms with van der Waals surface area (Å²) in [6.07, 6.45) is 0. The van der Waals surface area contributed by atoms with Crippen LogP contribution in [0.4, 0.5) is 0 Å². The van der Waals surface area contributed by atoms with Gasteiger partial charge in [-0.25, -0.2) is 8.42 Å². The molecule has 86 valence electrons. The molecule has 0 fully saturated rings. The van der Waals surface area contributed by atoms with Crippen molar-refractivity contribution in [1.29, 1.82) is 0 Å². The topological polar surface area (TPSA) is 43.4 Å². The number of hydrogen-bond donors (Lipinski definition) is 0. The van der Waals surface area contributed by atoms with E-state index >= 15 is 0 Å². The van der Waals surface area contributed by atoms with Crippen LogP contribution in [0.5, 0.6) is 11.5 Å². The van der Waals surface area contributed by atoms with E-state index in [4.69, 9.17) is 4.74 Å². The van der Waals surface area contributed by atoms with Crippen molar-refractivity contribution in [3.8, 4) is 11.5 Å². The van der Waals surface area contributed by atoms with Gasteiger partial charge >= 0.3 is 0 Å². The first-order valence-corrected chi connectivity index (χ1v) is 7.47. The van der Waals surface area contributed by atoms with Gasteiger partial charge in [-0.15, -0.1) is 0 Å². The fraction of sp³-hybridized carbons (Fsp3) is 0. The van der Waals surface area contributed by atoms with Gasteiger partial charge in [0.2, 0.25) is 9.84 Å². The molecular weight excluding hydrogens is 351 g/mol. The number of ether oxygens (including phenoxy) is 1. The average Bonchev–Trinajstić information content (AvgIpc) is 2.31. The van der Waals surface area contributed by atoms with Gasteiger partial charge in [0.25, 0.3) is 0 Å². The highest BCUT2D eigenvalue weighted by molar-refractivity contribution is 14.1. The molecule has 0 aliphatic carbocycles. The summed E-state index contributed by atoms with van der Waals surface area (Å²) in [6.45, 7) is 0. The van der Waals surface area contributed by atoms with Crippen LogP contribution >= 0.6 is 22.6 Å². The third kappa shape index (κ3) is 1.56. The lowest BCUT2D eigenvalue weighted by Gasteiger charge is -2.20. The fourth-order valence-electron chi connectivity index (χ4n) is 1.78. The second kappa shape index (κ2) is 3.71. The molecule has 0 saturated heterocycles. The summed E-state index contributed by atoms with van der Waals surface area (Å²) in [5.41, 5.74) is 0. The molecule has 1 aliphatic rings. The standard InChI is InChI=1S/C12H7IO3S/c13-8-4-3-7-11-12(8)16-9-5-1-2-6-10(9)17(11,14)15/h1-7H. The molecule has 3 rings (SSSR count). The minimum atomic E-state index is -3.45. The van der Waals surface area contributed by atoms with Gasteiger partial charge in [-0.3, -0.25) is 0 Å². The Morgan fingerprint density at radius 1 is 0.941 bits per heavy atom. The first kappa shape index (κ1) is 11.0. The Bertz CT molecular complexity index is 707.